The first-order valence-electron chi connectivity index (χ1n) is 10.7. The van der Waals surface area contributed by atoms with E-state index in [-0.39, 0.29) is 0 Å². The van der Waals surface area contributed by atoms with Gasteiger partial charge in [0.25, 0.3) is 0 Å². The molecule has 2 rings (SSSR count). The highest BCUT2D eigenvalue weighted by molar-refractivity contribution is 5.49. The topological polar surface area (TPSA) is 42.5 Å². The van der Waals surface area contributed by atoms with E-state index in [1.165, 1.54) is 25.7 Å². The maximum atomic E-state index is 5.81. The Hall–Kier alpha value is -2.36. The molecular formula is C24H36N2O2. The molecule has 0 fully saturated rings. The van der Waals surface area contributed by atoms with Crippen molar-refractivity contribution in [2.24, 2.45) is 0 Å². The molecule has 0 aromatic heterocycles. The summed E-state index contributed by atoms with van der Waals surface area (Å²) in [5.74, 6) is 1.86. The molecule has 2 aromatic carbocycles. The molecule has 4 heteroatoms. The van der Waals surface area contributed by atoms with Crippen molar-refractivity contribution in [2.75, 3.05) is 36.9 Å². The predicted octanol–water partition coefficient (Wildman–Crippen LogP) is 6.35. The summed E-state index contributed by atoms with van der Waals surface area (Å²) in [6.07, 6.45) is 7.33. The van der Waals surface area contributed by atoms with Crippen molar-refractivity contribution >= 4 is 11.4 Å². The Balaban J connectivity index is 1.61. The fourth-order valence-electron chi connectivity index (χ4n) is 2.89. The number of ether oxygens (including phenoxy) is 2. The molecular weight excluding hydrogens is 348 g/mol. The molecule has 0 aliphatic heterocycles. The molecule has 0 aliphatic carbocycles. The van der Waals surface area contributed by atoms with Crippen molar-refractivity contribution in [1.29, 1.82) is 0 Å². The van der Waals surface area contributed by atoms with Crippen LogP contribution in [0.5, 0.6) is 11.5 Å². The molecule has 0 unspecified atom stereocenters. The SMILES string of the molecule is CCCCCCCOc1ccc(NCCNc2cccc(OCCC)c2)cc1. The minimum absolute atomic E-state index is 0.754. The highest BCUT2D eigenvalue weighted by atomic mass is 16.5. The van der Waals surface area contributed by atoms with E-state index in [9.17, 15) is 0 Å². The summed E-state index contributed by atoms with van der Waals surface area (Å²) < 4.78 is 11.5. The molecule has 2 aromatic rings. The van der Waals surface area contributed by atoms with Crippen LogP contribution in [0.4, 0.5) is 11.4 Å². The standard InChI is InChI=1S/C24H36N2O2/c1-3-5-6-7-8-19-28-23-14-12-21(13-15-23)25-16-17-26-22-10-9-11-24(20-22)27-18-4-2/h9-15,20,25-26H,3-8,16-19H2,1-2H3. The second-order valence-corrected chi connectivity index (χ2v) is 7.02. The lowest BCUT2D eigenvalue weighted by molar-refractivity contribution is 0.304. The summed E-state index contributed by atoms with van der Waals surface area (Å²) in [4.78, 5) is 0. The lowest BCUT2D eigenvalue weighted by Gasteiger charge is -2.11. The van der Waals surface area contributed by atoms with Crippen molar-refractivity contribution in [3.8, 4) is 11.5 Å². The summed E-state index contributed by atoms with van der Waals surface area (Å²) in [6, 6.07) is 16.3. The second-order valence-electron chi connectivity index (χ2n) is 7.02. The van der Waals surface area contributed by atoms with E-state index < -0.39 is 0 Å². The molecule has 0 bridgehead atoms. The zero-order chi connectivity index (χ0) is 19.9. The third-order valence-corrected chi connectivity index (χ3v) is 4.46. The highest BCUT2D eigenvalue weighted by Crippen LogP contribution is 2.18. The van der Waals surface area contributed by atoms with Crippen LogP contribution in [0.2, 0.25) is 0 Å². The van der Waals surface area contributed by atoms with Gasteiger partial charge in [-0.3, -0.25) is 0 Å². The molecule has 0 saturated carbocycles. The predicted molar refractivity (Wildman–Crippen MR) is 120 cm³/mol. The van der Waals surface area contributed by atoms with Gasteiger partial charge in [0, 0.05) is 30.5 Å². The first-order valence-corrected chi connectivity index (χ1v) is 10.7. The molecule has 0 radical (unpaired) electrons. The van der Waals surface area contributed by atoms with Crippen LogP contribution in [0.1, 0.15) is 52.4 Å². The van der Waals surface area contributed by atoms with E-state index in [1.807, 2.05) is 30.3 Å². The molecule has 28 heavy (non-hydrogen) atoms. The Kier molecular flexibility index (Phi) is 10.8. The van der Waals surface area contributed by atoms with Gasteiger partial charge >= 0.3 is 0 Å². The molecule has 0 atom stereocenters. The second kappa shape index (κ2) is 13.8. The number of unbranched alkanes of at least 4 members (excludes halogenated alkanes) is 4. The van der Waals surface area contributed by atoms with Gasteiger partial charge in [-0.05, 0) is 49.2 Å². The third-order valence-electron chi connectivity index (χ3n) is 4.46. The molecule has 0 spiro atoms. The average molecular weight is 385 g/mol. The Bertz CT molecular complexity index is 643. The summed E-state index contributed by atoms with van der Waals surface area (Å²) in [5.41, 5.74) is 2.19. The fraction of sp³-hybridized carbons (Fsp3) is 0.500. The monoisotopic (exact) mass is 384 g/mol. The molecule has 0 heterocycles. The Morgan fingerprint density at radius 2 is 1.36 bits per heavy atom. The third kappa shape index (κ3) is 9.03. The number of nitrogens with one attached hydrogen (secondary N) is 2. The number of hydrogen-bond donors (Lipinski definition) is 2. The number of hydrogen-bond acceptors (Lipinski definition) is 4. The van der Waals surface area contributed by atoms with E-state index in [0.29, 0.717) is 0 Å². The number of rotatable bonds is 15. The van der Waals surface area contributed by atoms with E-state index in [1.54, 1.807) is 0 Å². The van der Waals surface area contributed by atoms with Crippen molar-refractivity contribution < 1.29 is 9.47 Å². The van der Waals surface area contributed by atoms with Gasteiger partial charge in [-0.25, -0.2) is 0 Å². The van der Waals surface area contributed by atoms with Gasteiger partial charge in [0.15, 0.2) is 0 Å². The van der Waals surface area contributed by atoms with Crippen molar-refractivity contribution in [1.82, 2.24) is 0 Å². The van der Waals surface area contributed by atoms with E-state index in [2.05, 4.69) is 42.7 Å². The van der Waals surface area contributed by atoms with Gasteiger partial charge in [-0.1, -0.05) is 45.6 Å². The van der Waals surface area contributed by atoms with Crippen molar-refractivity contribution in [3.63, 3.8) is 0 Å². The van der Waals surface area contributed by atoms with Crippen molar-refractivity contribution in [3.05, 3.63) is 48.5 Å². The minimum Gasteiger partial charge on any atom is -0.494 e. The Labute approximate surface area is 170 Å². The minimum atomic E-state index is 0.754. The van der Waals surface area contributed by atoms with Crippen LogP contribution in [-0.2, 0) is 0 Å². The van der Waals surface area contributed by atoms with Crippen LogP contribution in [0.3, 0.4) is 0 Å². The zero-order valence-electron chi connectivity index (χ0n) is 17.5. The van der Waals surface area contributed by atoms with Crippen LogP contribution in [0, 0.1) is 0 Å². The summed E-state index contributed by atoms with van der Waals surface area (Å²) in [7, 11) is 0. The van der Waals surface area contributed by atoms with Crippen LogP contribution < -0.4 is 20.1 Å². The van der Waals surface area contributed by atoms with Crippen molar-refractivity contribution in [2.45, 2.75) is 52.4 Å². The maximum absolute atomic E-state index is 5.81. The smallest absolute Gasteiger partial charge is 0.121 e. The van der Waals surface area contributed by atoms with Crippen LogP contribution in [0.25, 0.3) is 0 Å². The highest BCUT2D eigenvalue weighted by Gasteiger charge is 1.98. The van der Waals surface area contributed by atoms with Gasteiger partial charge in [0.1, 0.15) is 11.5 Å². The molecule has 0 amide bonds. The first-order chi connectivity index (χ1) is 13.8. The normalized spacial score (nSPS) is 10.5. The van der Waals surface area contributed by atoms with Gasteiger partial charge < -0.3 is 20.1 Å². The fourth-order valence-corrected chi connectivity index (χ4v) is 2.89. The summed E-state index contributed by atoms with van der Waals surface area (Å²) in [6.45, 7) is 7.60. The largest absolute Gasteiger partial charge is 0.494 e. The first kappa shape index (κ1) is 21.9. The molecule has 0 aliphatic rings. The summed E-state index contributed by atoms with van der Waals surface area (Å²) >= 11 is 0. The van der Waals surface area contributed by atoms with E-state index in [0.717, 1.165) is 62.0 Å². The average Bonchev–Trinajstić information content (AvgIpc) is 2.73. The maximum Gasteiger partial charge on any atom is 0.121 e. The molecule has 4 nitrogen and oxygen atoms in total. The number of benzene rings is 2. The number of anilines is 2. The molecule has 154 valence electrons. The summed E-state index contributed by atoms with van der Waals surface area (Å²) in [5, 5.41) is 6.86. The lowest BCUT2D eigenvalue weighted by Crippen LogP contribution is -2.13. The van der Waals surface area contributed by atoms with E-state index in [4.69, 9.17) is 9.47 Å². The molecule has 2 N–H and O–H groups in total. The van der Waals surface area contributed by atoms with E-state index >= 15 is 0 Å². The van der Waals surface area contributed by atoms with Crippen LogP contribution in [-0.4, -0.2) is 26.3 Å². The zero-order valence-corrected chi connectivity index (χ0v) is 17.5. The van der Waals surface area contributed by atoms with Gasteiger partial charge in [-0.2, -0.15) is 0 Å². The molecule has 0 saturated heterocycles. The van der Waals surface area contributed by atoms with Crippen LogP contribution in [0.15, 0.2) is 48.5 Å². The van der Waals surface area contributed by atoms with Gasteiger partial charge in [0.2, 0.25) is 0 Å². The van der Waals surface area contributed by atoms with Crippen LogP contribution >= 0.6 is 0 Å². The Morgan fingerprint density at radius 3 is 2.11 bits per heavy atom. The Morgan fingerprint density at radius 1 is 0.643 bits per heavy atom. The quantitative estimate of drug-likeness (QED) is 0.351. The lowest BCUT2D eigenvalue weighted by atomic mass is 10.2. The van der Waals surface area contributed by atoms with Gasteiger partial charge in [0.05, 0.1) is 13.2 Å². The van der Waals surface area contributed by atoms with Gasteiger partial charge in [-0.15, -0.1) is 0 Å².